The Bertz CT molecular complexity index is 1110. The van der Waals surface area contributed by atoms with E-state index < -0.39 is 0 Å². The van der Waals surface area contributed by atoms with E-state index in [-0.39, 0.29) is 5.60 Å². The van der Waals surface area contributed by atoms with E-state index >= 15 is 0 Å². The highest BCUT2D eigenvalue weighted by Crippen LogP contribution is 2.15. The van der Waals surface area contributed by atoms with Gasteiger partial charge in [-0.1, -0.05) is 130 Å². The fraction of sp³-hybridized carbons (Fsp3) is 0.463. The van der Waals surface area contributed by atoms with Crippen molar-refractivity contribution in [1.82, 2.24) is 0 Å². The number of rotatable bonds is 19. The molecule has 0 saturated carbocycles. The molecule has 0 fully saturated rings. The van der Waals surface area contributed by atoms with Crippen LogP contribution in [0.15, 0.2) is 130 Å². The molecule has 1 heteroatoms. The van der Waals surface area contributed by atoms with Crippen molar-refractivity contribution >= 4 is 0 Å². The van der Waals surface area contributed by atoms with Crippen LogP contribution in [0.2, 0.25) is 0 Å². The van der Waals surface area contributed by atoms with Gasteiger partial charge in [0, 0.05) is 7.11 Å². The zero-order chi connectivity index (χ0) is 31.8. The van der Waals surface area contributed by atoms with E-state index in [0.717, 1.165) is 38.5 Å². The summed E-state index contributed by atoms with van der Waals surface area (Å²) in [5.74, 6) is 0. The fourth-order valence-electron chi connectivity index (χ4n) is 3.87. The van der Waals surface area contributed by atoms with Crippen molar-refractivity contribution in [3.05, 3.63) is 130 Å². The first-order chi connectivity index (χ1) is 19.8. The smallest absolute Gasteiger partial charge is 0.0657 e. The summed E-state index contributed by atoms with van der Waals surface area (Å²) in [6.45, 7) is 21.7. The van der Waals surface area contributed by atoms with E-state index in [1.165, 1.54) is 45.4 Å². The maximum absolute atomic E-state index is 5.46. The van der Waals surface area contributed by atoms with Gasteiger partial charge < -0.3 is 4.74 Å². The van der Waals surface area contributed by atoms with Crippen molar-refractivity contribution in [2.75, 3.05) is 7.11 Å². The Balaban J connectivity index is 4.53. The lowest BCUT2D eigenvalue weighted by Gasteiger charge is -2.20. The van der Waals surface area contributed by atoms with E-state index in [0.29, 0.717) is 0 Å². The predicted molar refractivity (Wildman–Crippen MR) is 192 cm³/mol. The van der Waals surface area contributed by atoms with Gasteiger partial charge in [0.2, 0.25) is 0 Å². The molecule has 0 spiro atoms. The molecule has 0 aliphatic rings. The first kappa shape index (κ1) is 39.1. The van der Waals surface area contributed by atoms with Crippen LogP contribution in [-0.4, -0.2) is 12.7 Å². The normalized spacial score (nSPS) is 15.3. The number of methoxy groups -OCH3 is 1. The molecule has 0 amide bonds. The van der Waals surface area contributed by atoms with E-state index in [4.69, 9.17) is 4.74 Å². The van der Waals surface area contributed by atoms with Crippen LogP contribution in [0.4, 0.5) is 0 Å². The zero-order valence-electron chi connectivity index (χ0n) is 29.0. The third kappa shape index (κ3) is 24.9. The summed E-state index contributed by atoms with van der Waals surface area (Å²) in [5.41, 5.74) is 9.39. The summed E-state index contributed by atoms with van der Waals surface area (Å²) in [6, 6.07) is 0. The van der Waals surface area contributed by atoms with E-state index in [1.54, 1.807) is 7.11 Å². The van der Waals surface area contributed by atoms with Crippen molar-refractivity contribution in [1.29, 1.82) is 0 Å². The summed E-state index contributed by atoms with van der Waals surface area (Å²) in [7, 11) is 1.76. The SMILES string of the molecule is COC(C)(C)C\C=C/C(C)=C/C=C\C(C)=C\CC/C(C)=C/C=C/C=C(C)/C=C/C=C(\C)CC/C=C(\C)CCC=C(C)C. The average Bonchev–Trinajstić information content (AvgIpc) is 2.91. The van der Waals surface area contributed by atoms with E-state index in [2.05, 4.69) is 160 Å². The lowest BCUT2D eigenvalue weighted by Crippen LogP contribution is -2.20. The van der Waals surface area contributed by atoms with Crippen molar-refractivity contribution in [3.8, 4) is 0 Å². The molecule has 0 atom stereocenters. The molecule has 0 bridgehead atoms. The summed E-state index contributed by atoms with van der Waals surface area (Å²) in [5, 5.41) is 0. The van der Waals surface area contributed by atoms with Crippen LogP contribution in [0.3, 0.4) is 0 Å². The standard InChI is InChI=1S/C41H62O/c1-34(2)20-14-23-37(5)26-17-29-38(6)27-15-24-35(3)21-12-13-22-36(4)25-16-28-39(7)30-18-31-40(8)32-19-33-41(9,10)42-11/h12-13,15,18-22,24,26-28,30-32H,14,16-17,23,25,29,33H2,1-11H3/b13-12+,24-15+,30-18-,32-19-,35-21+,36-22+,37-26+,38-27+,39-28+,40-31+. The van der Waals surface area contributed by atoms with E-state index in [9.17, 15) is 0 Å². The minimum atomic E-state index is -0.110. The fourth-order valence-corrected chi connectivity index (χ4v) is 3.87. The number of hydrogen-bond acceptors (Lipinski definition) is 1. The molecule has 0 aromatic carbocycles. The number of ether oxygens (including phenoxy) is 1. The first-order valence-corrected chi connectivity index (χ1v) is 15.7. The van der Waals surface area contributed by atoms with Crippen LogP contribution >= 0.6 is 0 Å². The van der Waals surface area contributed by atoms with Crippen molar-refractivity contribution < 1.29 is 4.74 Å². The molecule has 0 radical (unpaired) electrons. The van der Waals surface area contributed by atoms with Gasteiger partial charge >= 0.3 is 0 Å². The van der Waals surface area contributed by atoms with Gasteiger partial charge in [0.05, 0.1) is 5.60 Å². The van der Waals surface area contributed by atoms with Crippen molar-refractivity contribution in [2.45, 2.75) is 120 Å². The average molecular weight is 571 g/mol. The van der Waals surface area contributed by atoms with Crippen LogP contribution in [-0.2, 0) is 4.74 Å². The molecule has 0 rings (SSSR count). The second kappa shape index (κ2) is 23.6. The molecule has 1 nitrogen and oxygen atoms in total. The largest absolute Gasteiger partial charge is 0.378 e. The second-order valence-corrected chi connectivity index (χ2v) is 12.4. The summed E-state index contributed by atoms with van der Waals surface area (Å²) in [6.07, 6.45) is 40.7. The first-order valence-electron chi connectivity index (χ1n) is 15.7. The Hall–Kier alpha value is -2.90. The molecular formula is C41H62O. The van der Waals surface area contributed by atoms with Gasteiger partial charge in [-0.2, -0.15) is 0 Å². The second-order valence-electron chi connectivity index (χ2n) is 12.4. The summed E-state index contributed by atoms with van der Waals surface area (Å²) >= 11 is 0. The number of hydrogen-bond donors (Lipinski definition) is 0. The van der Waals surface area contributed by atoms with Gasteiger partial charge in [0.15, 0.2) is 0 Å². The Morgan fingerprint density at radius 2 is 1.00 bits per heavy atom. The van der Waals surface area contributed by atoms with Crippen LogP contribution in [0.5, 0.6) is 0 Å². The summed E-state index contributed by atoms with van der Waals surface area (Å²) in [4.78, 5) is 0. The van der Waals surface area contributed by atoms with Crippen LogP contribution in [0.1, 0.15) is 114 Å². The minimum absolute atomic E-state index is 0.110. The Labute approximate surface area is 261 Å². The topological polar surface area (TPSA) is 9.23 Å². The lowest BCUT2D eigenvalue weighted by atomic mass is 10.0. The minimum Gasteiger partial charge on any atom is -0.378 e. The maximum Gasteiger partial charge on any atom is 0.0657 e. The van der Waals surface area contributed by atoms with Crippen LogP contribution < -0.4 is 0 Å². The molecule has 0 saturated heterocycles. The van der Waals surface area contributed by atoms with Crippen LogP contribution in [0, 0.1) is 0 Å². The van der Waals surface area contributed by atoms with E-state index in [1.807, 2.05) is 0 Å². The highest BCUT2D eigenvalue weighted by Gasteiger charge is 2.12. The Morgan fingerprint density at radius 1 is 0.524 bits per heavy atom. The molecular weight excluding hydrogens is 508 g/mol. The third-order valence-electron chi connectivity index (χ3n) is 6.98. The molecule has 42 heavy (non-hydrogen) atoms. The molecule has 0 aromatic heterocycles. The van der Waals surface area contributed by atoms with Gasteiger partial charge in [0.1, 0.15) is 0 Å². The maximum atomic E-state index is 5.46. The van der Waals surface area contributed by atoms with Gasteiger partial charge in [-0.25, -0.2) is 0 Å². The Kier molecular flexibility index (Phi) is 22.0. The van der Waals surface area contributed by atoms with Crippen molar-refractivity contribution in [3.63, 3.8) is 0 Å². The molecule has 0 N–H and O–H groups in total. The monoisotopic (exact) mass is 570 g/mol. The highest BCUT2D eigenvalue weighted by molar-refractivity contribution is 5.28. The molecule has 0 unspecified atom stereocenters. The number of allylic oxidation sites excluding steroid dienone is 21. The molecule has 232 valence electrons. The highest BCUT2D eigenvalue weighted by atomic mass is 16.5. The van der Waals surface area contributed by atoms with Gasteiger partial charge in [0.25, 0.3) is 0 Å². The lowest BCUT2D eigenvalue weighted by molar-refractivity contribution is 0.0255. The predicted octanol–water partition coefficient (Wildman–Crippen LogP) is 13.0. The molecule has 0 heterocycles. The molecule has 0 aliphatic heterocycles. The zero-order valence-corrected chi connectivity index (χ0v) is 29.0. The van der Waals surface area contributed by atoms with Gasteiger partial charge in [-0.05, 0) is 114 Å². The van der Waals surface area contributed by atoms with Gasteiger partial charge in [-0.3, -0.25) is 0 Å². The Morgan fingerprint density at radius 3 is 1.64 bits per heavy atom. The van der Waals surface area contributed by atoms with Gasteiger partial charge in [-0.15, -0.1) is 0 Å². The third-order valence-corrected chi connectivity index (χ3v) is 6.98. The van der Waals surface area contributed by atoms with Crippen LogP contribution in [0.25, 0.3) is 0 Å². The van der Waals surface area contributed by atoms with Crippen molar-refractivity contribution in [2.24, 2.45) is 0 Å². The molecule has 0 aliphatic carbocycles. The quantitative estimate of drug-likeness (QED) is 0.111. The molecule has 0 aromatic rings. The summed E-state index contributed by atoms with van der Waals surface area (Å²) < 4.78 is 5.46.